The van der Waals surface area contributed by atoms with Crippen molar-refractivity contribution in [1.82, 2.24) is 0 Å². The van der Waals surface area contributed by atoms with Crippen LogP contribution in [0.2, 0.25) is 0 Å². The lowest BCUT2D eigenvalue weighted by atomic mass is 9.47. The summed E-state index contributed by atoms with van der Waals surface area (Å²) in [5, 5.41) is 0. The number of carbonyl (C=O) groups is 1. The summed E-state index contributed by atoms with van der Waals surface area (Å²) in [4.78, 5) is 11.4. The molecule has 3 saturated carbocycles. The molecule has 4 fully saturated rings. The fraction of sp³-hybridized carbons (Fsp3) is 0.870. The molecular weight excluding hydrogens is 340 g/mol. The first kappa shape index (κ1) is 18.2. The molecule has 1 heterocycles. The first-order valence-electron chi connectivity index (χ1n) is 11.0. The van der Waals surface area contributed by atoms with Gasteiger partial charge in [0.15, 0.2) is 5.79 Å². The van der Waals surface area contributed by atoms with Gasteiger partial charge in [0.1, 0.15) is 6.10 Å². The van der Waals surface area contributed by atoms with E-state index >= 15 is 0 Å². The van der Waals surface area contributed by atoms with Crippen molar-refractivity contribution in [3.8, 4) is 0 Å². The predicted octanol–water partition coefficient (Wildman–Crippen LogP) is 4.62. The number of rotatable bonds is 1. The van der Waals surface area contributed by atoms with E-state index in [4.69, 9.17) is 14.2 Å². The lowest BCUT2D eigenvalue weighted by Gasteiger charge is -2.58. The Hall–Kier alpha value is -0.870. The second-order valence-corrected chi connectivity index (χ2v) is 10.2. The number of allylic oxidation sites excluding steroid dienone is 1. The van der Waals surface area contributed by atoms with Gasteiger partial charge in [-0.15, -0.1) is 0 Å². The van der Waals surface area contributed by atoms with Crippen molar-refractivity contribution < 1.29 is 19.0 Å². The van der Waals surface area contributed by atoms with Crippen LogP contribution in [0, 0.1) is 28.6 Å². The van der Waals surface area contributed by atoms with E-state index in [9.17, 15) is 4.79 Å². The molecule has 5 rings (SSSR count). The molecule has 4 nitrogen and oxygen atoms in total. The first-order chi connectivity index (χ1) is 12.9. The Balaban J connectivity index is 1.41. The SMILES string of the molecule is CC(=O)O[C@H]1CC[C@@]2(C)C(=CC[C@H]3[C@@H]2CC[C@@]2(C)[C@H]3CCC23OCCO3)C1. The van der Waals surface area contributed by atoms with E-state index in [1.807, 2.05) is 0 Å². The zero-order valence-corrected chi connectivity index (χ0v) is 17.1. The van der Waals surface area contributed by atoms with Gasteiger partial charge in [-0.1, -0.05) is 25.5 Å². The van der Waals surface area contributed by atoms with E-state index in [0.29, 0.717) is 5.92 Å². The molecule has 150 valence electrons. The van der Waals surface area contributed by atoms with E-state index in [0.717, 1.165) is 50.7 Å². The molecule has 5 aliphatic rings. The van der Waals surface area contributed by atoms with E-state index < -0.39 is 0 Å². The van der Waals surface area contributed by atoms with Crippen molar-refractivity contribution in [2.75, 3.05) is 13.2 Å². The van der Waals surface area contributed by atoms with Gasteiger partial charge in [0.25, 0.3) is 0 Å². The highest BCUT2D eigenvalue weighted by Crippen LogP contribution is 2.68. The molecule has 0 N–H and O–H groups in total. The summed E-state index contributed by atoms with van der Waals surface area (Å²) in [6, 6.07) is 0. The van der Waals surface area contributed by atoms with Crippen LogP contribution in [-0.2, 0) is 19.0 Å². The number of hydrogen-bond donors (Lipinski definition) is 0. The van der Waals surface area contributed by atoms with Crippen LogP contribution >= 0.6 is 0 Å². The van der Waals surface area contributed by atoms with Crippen molar-refractivity contribution in [3.63, 3.8) is 0 Å². The summed E-state index contributed by atoms with van der Waals surface area (Å²) in [5.41, 5.74) is 2.01. The van der Waals surface area contributed by atoms with Gasteiger partial charge in [0, 0.05) is 25.2 Å². The van der Waals surface area contributed by atoms with E-state index in [1.165, 1.54) is 32.6 Å². The van der Waals surface area contributed by atoms with Crippen LogP contribution in [0.15, 0.2) is 11.6 Å². The Labute approximate surface area is 163 Å². The van der Waals surface area contributed by atoms with Crippen molar-refractivity contribution in [2.45, 2.75) is 84.0 Å². The highest BCUT2D eigenvalue weighted by Gasteiger charge is 2.66. The van der Waals surface area contributed by atoms with Gasteiger partial charge in [0.2, 0.25) is 0 Å². The molecule has 0 amide bonds. The summed E-state index contributed by atoms with van der Waals surface area (Å²) < 4.78 is 18.1. The molecule has 0 unspecified atom stereocenters. The number of esters is 1. The number of fused-ring (bicyclic) bond motifs is 6. The zero-order chi connectivity index (χ0) is 18.9. The molecule has 6 atom stereocenters. The molecule has 27 heavy (non-hydrogen) atoms. The monoisotopic (exact) mass is 374 g/mol. The maximum absolute atomic E-state index is 11.4. The van der Waals surface area contributed by atoms with Crippen LogP contribution < -0.4 is 0 Å². The standard InChI is InChI=1S/C23H34O4/c1-15(24)27-17-6-9-21(2)16(14-17)4-5-18-19(21)7-10-22(3)20(18)8-11-23(22)25-12-13-26-23/h4,17-20H,5-14H2,1-3H3/t17-,18-,19-,20-,21-,22-/m0/s1. The van der Waals surface area contributed by atoms with Crippen LogP contribution in [0.25, 0.3) is 0 Å². The molecule has 0 bridgehead atoms. The van der Waals surface area contributed by atoms with Crippen molar-refractivity contribution in [1.29, 1.82) is 0 Å². The number of carbonyl (C=O) groups excluding carboxylic acids is 1. The Morgan fingerprint density at radius 2 is 1.81 bits per heavy atom. The quantitative estimate of drug-likeness (QED) is 0.496. The summed E-state index contributed by atoms with van der Waals surface area (Å²) in [7, 11) is 0. The van der Waals surface area contributed by atoms with Gasteiger partial charge in [-0.25, -0.2) is 0 Å². The molecule has 0 aromatic heterocycles. The summed E-state index contributed by atoms with van der Waals surface area (Å²) in [5.74, 6) is 1.76. The van der Waals surface area contributed by atoms with Crippen LogP contribution in [0.3, 0.4) is 0 Å². The second kappa shape index (κ2) is 6.06. The minimum Gasteiger partial charge on any atom is -0.462 e. The maximum Gasteiger partial charge on any atom is 0.302 e. The molecule has 0 aromatic carbocycles. The highest BCUT2D eigenvalue weighted by molar-refractivity contribution is 5.66. The lowest BCUT2D eigenvalue weighted by Crippen LogP contribution is -2.55. The summed E-state index contributed by atoms with van der Waals surface area (Å²) in [6.45, 7) is 8.00. The Morgan fingerprint density at radius 1 is 1.07 bits per heavy atom. The van der Waals surface area contributed by atoms with Gasteiger partial charge in [-0.05, 0) is 61.7 Å². The Bertz CT molecular complexity index is 663. The highest BCUT2D eigenvalue weighted by atomic mass is 16.7. The average Bonchev–Trinajstić information content (AvgIpc) is 3.21. The van der Waals surface area contributed by atoms with Crippen LogP contribution in [-0.4, -0.2) is 31.1 Å². The fourth-order valence-corrected chi connectivity index (χ4v) is 7.85. The molecule has 0 radical (unpaired) electrons. The smallest absolute Gasteiger partial charge is 0.302 e. The fourth-order valence-electron chi connectivity index (χ4n) is 7.85. The number of ether oxygens (including phenoxy) is 3. The average molecular weight is 375 g/mol. The topological polar surface area (TPSA) is 44.8 Å². The molecule has 4 heteroatoms. The Morgan fingerprint density at radius 3 is 2.56 bits per heavy atom. The second-order valence-electron chi connectivity index (χ2n) is 10.2. The van der Waals surface area contributed by atoms with Gasteiger partial charge >= 0.3 is 5.97 Å². The van der Waals surface area contributed by atoms with E-state index in [-0.39, 0.29) is 28.7 Å². The van der Waals surface area contributed by atoms with E-state index in [1.54, 1.807) is 5.57 Å². The predicted molar refractivity (Wildman–Crippen MR) is 102 cm³/mol. The molecule has 1 aliphatic heterocycles. The minimum atomic E-state index is -0.305. The number of hydrogen-bond acceptors (Lipinski definition) is 4. The minimum absolute atomic E-state index is 0.0854. The molecule has 1 spiro atoms. The molecule has 1 saturated heterocycles. The third-order valence-corrected chi connectivity index (χ3v) is 9.19. The first-order valence-corrected chi connectivity index (χ1v) is 11.0. The van der Waals surface area contributed by atoms with Crippen LogP contribution in [0.5, 0.6) is 0 Å². The third kappa shape index (κ3) is 2.45. The van der Waals surface area contributed by atoms with Gasteiger partial charge in [0.05, 0.1) is 13.2 Å². The van der Waals surface area contributed by atoms with Crippen LogP contribution in [0.4, 0.5) is 0 Å². The third-order valence-electron chi connectivity index (χ3n) is 9.19. The summed E-state index contributed by atoms with van der Waals surface area (Å²) >= 11 is 0. The summed E-state index contributed by atoms with van der Waals surface area (Å²) in [6.07, 6.45) is 11.7. The molecule has 4 aliphatic carbocycles. The van der Waals surface area contributed by atoms with Gasteiger partial charge in [-0.2, -0.15) is 0 Å². The van der Waals surface area contributed by atoms with Crippen LogP contribution in [0.1, 0.15) is 72.1 Å². The van der Waals surface area contributed by atoms with Gasteiger partial charge < -0.3 is 14.2 Å². The molecule has 0 aromatic rings. The largest absolute Gasteiger partial charge is 0.462 e. The normalized spacial score (nSPS) is 47.7. The zero-order valence-electron chi connectivity index (χ0n) is 17.1. The van der Waals surface area contributed by atoms with E-state index in [2.05, 4.69) is 19.9 Å². The maximum atomic E-state index is 11.4. The van der Waals surface area contributed by atoms with Crippen molar-refractivity contribution in [3.05, 3.63) is 11.6 Å². The van der Waals surface area contributed by atoms with Crippen molar-refractivity contribution in [2.24, 2.45) is 28.6 Å². The molecular formula is C23H34O4. The lowest BCUT2D eigenvalue weighted by molar-refractivity contribution is -0.242. The Kier molecular flexibility index (Phi) is 4.08. The van der Waals surface area contributed by atoms with Gasteiger partial charge in [-0.3, -0.25) is 4.79 Å². The van der Waals surface area contributed by atoms with Crippen molar-refractivity contribution >= 4 is 5.97 Å².